The molecule has 3 aromatic rings. The smallest absolute Gasteiger partial charge is 0.231 e. The van der Waals surface area contributed by atoms with Crippen molar-refractivity contribution in [2.75, 3.05) is 19.6 Å². The van der Waals surface area contributed by atoms with Crippen molar-refractivity contribution in [3.8, 4) is 0 Å². The van der Waals surface area contributed by atoms with Crippen LogP contribution in [0.4, 0.5) is 0 Å². The molecule has 0 radical (unpaired) electrons. The number of nitrogens with zero attached hydrogens (tertiary/aromatic N) is 5. The van der Waals surface area contributed by atoms with Gasteiger partial charge in [0, 0.05) is 43.2 Å². The zero-order chi connectivity index (χ0) is 21.6. The van der Waals surface area contributed by atoms with Crippen LogP contribution in [0.15, 0.2) is 40.7 Å². The van der Waals surface area contributed by atoms with Crippen LogP contribution in [0.2, 0.25) is 0 Å². The van der Waals surface area contributed by atoms with Crippen LogP contribution in [-0.4, -0.2) is 49.9 Å². The van der Waals surface area contributed by atoms with Crippen molar-refractivity contribution in [2.45, 2.75) is 52.2 Å². The first-order valence-corrected chi connectivity index (χ1v) is 11.8. The van der Waals surface area contributed by atoms with Crippen molar-refractivity contribution in [1.82, 2.24) is 24.3 Å². The molecule has 0 saturated carbocycles. The lowest BCUT2D eigenvalue weighted by atomic mass is 9.75. The average Bonchev–Trinajstić information content (AvgIpc) is 3.53. The van der Waals surface area contributed by atoms with Gasteiger partial charge in [0.2, 0.25) is 5.91 Å². The Hall–Kier alpha value is -2.45. The van der Waals surface area contributed by atoms with Crippen LogP contribution in [0.3, 0.4) is 0 Å². The number of furan rings is 1. The molecule has 2 fully saturated rings. The van der Waals surface area contributed by atoms with E-state index in [0.717, 1.165) is 48.2 Å². The standard InChI is InChI=1S/C23H29N5O2S/c1-16(2)28-12-21(24-15-28)20-11-26(10-19-5-4-8-30-19)14-23(20)6-7-27(22(23)29)9-18-13-31-17(3)25-18/h4-5,8,12-13,15-16,20H,6-7,9-11,14H2,1-3H3/t20-,23-/m1/s1. The Morgan fingerprint density at radius 1 is 1.35 bits per heavy atom. The molecular weight excluding hydrogens is 410 g/mol. The van der Waals surface area contributed by atoms with Gasteiger partial charge < -0.3 is 13.9 Å². The predicted octanol–water partition coefficient (Wildman–Crippen LogP) is 3.84. The monoisotopic (exact) mass is 439 g/mol. The van der Waals surface area contributed by atoms with E-state index in [1.165, 1.54) is 0 Å². The molecule has 1 amide bonds. The largest absolute Gasteiger partial charge is 0.468 e. The maximum atomic E-state index is 13.8. The summed E-state index contributed by atoms with van der Waals surface area (Å²) in [4.78, 5) is 27.5. The fraction of sp³-hybridized carbons (Fsp3) is 0.522. The van der Waals surface area contributed by atoms with Gasteiger partial charge in [0.15, 0.2) is 0 Å². The van der Waals surface area contributed by atoms with Crippen molar-refractivity contribution in [3.63, 3.8) is 0 Å². The van der Waals surface area contributed by atoms with E-state index < -0.39 is 5.41 Å². The Morgan fingerprint density at radius 2 is 2.23 bits per heavy atom. The number of carbonyl (C=O) groups is 1. The molecule has 0 bridgehead atoms. The normalized spacial score (nSPS) is 24.3. The van der Waals surface area contributed by atoms with E-state index in [0.29, 0.717) is 19.1 Å². The van der Waals surface area contributed by atoms with Gasteiger partial charge in [-0.2, -0.15) is 0 Å². The van der Waals surface area contributed by atoms with Gasteiger partial charge >= 0.3 is 0 Å². The second kappa shape index (κ2) is 7.91. The average molecular weight is 440 g/mol. The molecule has 2 aliphatic rings. The number of hydrogen-bond donors (Lipinski definition) is 0. The highest BCUT2D eigenvalue weighted by Crippen LogP contribution is 2.50. The fourth-order valence-corrected chi connectivity index (χ4v) is 5.70. The molecule has 7 nitrogen and oxygen atoms in total. The first-order chi connectivity index (χ1) is 14.9. The topological polar surface area (TPSA) is 67.4 Å². The summed E-state index contributed by atoms with van der Waals surface area (Å²) in [5.74, 6) is 1.25. The van der Waals surface area contributed by atoms with E-state index in [1.807, 2.05) is 30.3 Å². The molecule has 0 N–H and O–H groups in total. The zero-order valence-electron chi connectivity index (χ0n) is 18.3. The van der Waals surface area contributed by atoms with E-state index in [1.54, 1.807) is 17.6 Å². The van der Waals surface area contributed by atoms with E-state index in [2.05, 4.69) is 39.9 Å². The minimum absolute atomic E-state index is 0.0807. The summed E-state index contributed by atoms with van der Waals surface area (Å²) >= 11 is 1.64. The van der Waals surface area contributed by atoms with Crippen molar-refractivity contribution in [3.05, 3.63) is 58.5 Å². The van der Waals surface area contributed by atoms with Crippen LogP contribution in [0.5, 0.6) is 0 Å². The number of carbonyl (C=O) groups excluding carboxylic acids is 1. The summed E-state index contributed by atoms with van der Waals surface area (Å²) in [7, 11) is 0. The summed E-state index contributed by atoms with van der Waals surface area (Å²) in [6, 6.07) is 4.27. The second-order valence-electron chi connectivity index (χ2n) is 9.13. The number of rotatable bonds is 6. The maximum Gasteiger partial charge on any atom is 0.231 e. The Balaban J connectivity index is 1.43. The number of aromatic nitrogens is 3. The van der Waals surface area contributed by atoms with Gasteiger partial charge in [-0.25, -0.2) is 9.97 Å². The van der Waals surface area contributed by atoms with Gasteiger partial charge in [0.25, 0.3) is 0 Å². The molecule has 2 atom stereocenters. The molecule has 0 unspecified atom stereocenters. The van der Waals surface area contributed by atoms with Crippen LogP contribution in [0.25, 0.3) is 0 Å². The molecule has 2 aliphatic heterocycles. The van der Waals surface area contributed by atoms with Crippen LogP contribution in [0.1, 0.15) is 54.4 Å². The van der Waals surface area contributed by atoms with Gasteiger partial charge in [0.1, 0.15) is 5.76 Å². The summed E-state index contributed by atoms with van der Waals surface area (Å²) in [5, 5.41) is 3.10. The van der Waals surface area contributed by atoms with Gasteiger partial charge in [0.05, 0.1) is 47.5 Å². The number of amides is 1. The minimum atomic E-state index is -0.437. The minimum Gasteiger partial charge on any atom is -0.468 e. The first kappa shape index (κ1) is 20.5. The third kappa shape index (κ3) is 3.72. The third-order valence-corrected chi connectivity index (χ3v) is 7.53. The quantitative estimate of drug-likeness (QED) is 0.584. The van der Waals surface area contributed by atoms with E-state index in [4.69, 9.17) is 9.40 Å². The van der Waals surface area contributed by atoms with Gasteiger partial charge in [-0.3, -0.25) is 9.69 Å². The van der Waals surface area contributed by atoms with E-state index in [-0.39, 0.29) is 11.8 Å². The number of hydrogen-bond acceptors (Lipinski definition) is 6. The molecule has 0 aliphatic carbocycles. The van der Waals surface area contributed by atoms with E-state index >= 15 is 0 Å². The van der Waals surface area contributed by atoms with Gasteiger partial charge in [-0.15, -0.1) is 11.3 Å². The van der Waals surface area contributed by atoms with Crippen LogP contribution in [-0.2, 0) is 17.9 Å². The molecule has 2 saturated heterocycles. The van der Waals surface area contributed by atoms with Crippen LogP contribution in [0, 0.1) is 12.3 Å². The summed E-state index contributed by atoms with van der Waals surface area (Å²) in [5.41, 5.74) is 1.57. The predicted molar refractivity (Wildman–Crippen MR) is 119 cm³/mol. The summed E-state index contributed by atoms with van der Waals surface area (Å²) < 4.78 is 7.72. The molecule has 164 valence electrons. The lowest BCUT2D eigenvalue weighted by Gasteiger charge is -2.28. The number of aryl methyl sites for hydroxylation is 1. The first-order valence-electron chi connectivity index (χ1n) is 10.9. The SMILES string of the molecule is Cc1nc(CN2CC[C@]3(CN(Cc4ccco4)C[C@@H]3c3cn(C(C)C)cn3)C2=O)cs1. The molecule has 1 spiro atoms. The third-order valence-electron chi connectivity index (χ3n) is 6.71. The molecule has 5 heterocycles. The van der Waals surface area contributed by atoms with Crippen molar-refractivity contribution in [1.29, 1.82) is 0 Å². The maximum absolute atomic E-state index is 13.8. The highest BCUT2D eigenvalue weighted by Gasteiger charge is 2.57. The molecule has 8 heteroatoms. The summed E-state index contributed by atoms with van der Waals surface area (Å²) in [6.45, 7) is 9.93. The van der Waals surface area contributed by atoms with Crippen LogP contribution >= 0.6 is 11.3 Å². The van der Waals surface area contributed by atoms with Crippen molar-refractivity contribution < 1.29 is 9.21 Å². The Kier molecular flexibility index (Phi) is 5.22. The fourth-order valence-electron chi connectivity index (χ4n) is 5.10. The Labute approximate surface area is 186 Å². The molecule has 5 rings (SSSR count). The van der Waals surface area contributed by atoms with Crippen LogP contribution < -0.4 is 0 Å². The second-order valence-corrected chi connectivity index (χ2v) is 10.2. The molecule has 0 aromatic carbocycles. The van der Waals surface area contributed by atoms with Gasteiger partial charge in [-0.05, 0) is 39.3 Å². The number of likely N-dealkylation sites (tertiary alicyclic amines) is 2. The lowest BCUT2D eigenvalue weighted by Crippen LogP contribution is -2.39. The number of thiazole rings is 1. The molecule has 3 aromatic heterocycles. The Bertz CT molecular complexity index is 1060. The lowest BCUT2D eigenvalue weighted by molar-refractivity contribution is -0.136. The highest BCUT2D eigenvalue weighted by atomic mass is 32.1. The zero-order valence-corrected chi connectivity index (χ0v) is 19.1. The summed E-state index contributed by atoms with van der Waals surface area (Å²) in [6.07, 6.45) is 6.59. The van der Waals surface area contributed by atoms with E-state index in [9.17, 15) is 4.79 Å². The molecule has 31 heavy (non-hydrogen) atoms. The molecular formula is C23H29N5O2S. The number of imidazole rings is 1. The highest BCUT2D eigenvalue weighted by molar-refractivity contribution is 7.09. The van der Waals surface area contributed by atoms with Crippen molar-refractivity contribution in [2.24, 2.45) is 5.41 Å². The van der Waals surface area contributed by atoms with Crippen molar-refractivity contribution >= 4 is 17.2 Å². The Morgan fingerprint density at radius 3 is 2.90 bits per heavy atom. The van der Waals surface area contributed by atoms with Gasteiger partial charge in [-0.1, -0.05) is 0 Å².